The van der Waals surface area contributed by atoms with Crippen LogP contribution in [-0.2, 0) is 0 Å². The Kier molecular flexibility index (Phi) is 4.00. The van der Waals surface area contributed by atoms with Crippen LogP contribution in [0.15, 0.2) is 18.2 Å². The van der Waals surface area contributed by atoms with Crippen molar-refractivity contribution in [3.63, 3.8) is 0 Å². The van der Waals surface area contributed by atoms with E-state index in [9.17, 15) is 9.50 Å². The van der Waals surface area contributed by atoms with Gasteiger partial charge in [0.2, 0.25) is 0 Å². The number of hydrogen-bond donors (Lipinski definition) is 2. The third kappa shape index (κ3) is 3.19. The smallest absolute Gasteiger partial charge is 0.125 e. The van der Waals surface area contributed by atoms with E-state index in [1.54, 1.807) is 6.07 Å². The van der Waals surface area contributed by atoms with Crippen LogP contribution in [0.4, 0.5) is 10.1 Å². The molecular weight excluding hydrogens is 217 g/mol. The summed E-state index contributed by atoms with van der Waals surface area (Å²) in [5.74, 6) is -0.235. The van der Waals surface area contributed by atoms with Gasteiger partial charge in [-0.3, -0.25) is 0 Å². The average Bonchev–Trinajstić information content (AvgIpc) is 2.50. The van der Waals surface area contributed by atoms with E-state index >= 15 is 0 Å². The first-order valence-electron chi connectivity index (χ1n) is 6.37. The number of nitrogens with one attached hydrogen (secondary N) is 1. The molecule has 0 aliphatic heterocycles. The quantitative estimate of drug-likeness (QED) is 0.774. The number of hydrogen-bond acceptors (Lipinski definition) is 2. The highest BCUT2D eigenvalue weighted by molar-refractivity contribution is 5.51. The van der Waals surface area contributed by atoms with Crippen molar-refractivity contribution < 1.29 is 9.50 Å². The molecule has 0 radical (unpaired) electrons. The van der Waals surface area contributed by atoms with Crippen LogP contribution in [0.5, 0.6) is 0 Å². The molecule has 2 rings (SSSR count). The van der Waals surface area contributed by atoms with Crippen molar-refractivity contribution in [1.29, 1.82) is 0 Å². The summed E-state index contributed by atoms with van der Waals surface area (Å²) in [6.45, 7) is 1.95. The van der Waals surface area contributed by atoms with Crippen LogP contribution in [0.25, 0.3) is 0 Å². The number of rotatable bonds is 2. The van der Waals surface area contributed by atoms with Gasteiger partial charge in [0.15, 0.2) is 0 Å². The molecule has 0 bridgehead atoms. The molecule has 2 unspecified atom stereocenters. The lowest BCUT2D eigenvalue weighted by Crippen LogP contribution is -2.32. The Morgan fingerprint density at radius 3 is 2.82 bits per heavy atom. The highest BCUT2D eigenvalue weighted by Gasteiger charge is 2.21. The molecule has 1 aliphatic rings. The normalized spacial score (nSPS) is 25.4. The number of benzene rings is 1. The van der Waals surface area contributed by atoms with Gasteiger partial charge >= 0.3 is 0 Å². The first kappa shape index (κ1) is 12.4. The summed E-state index contributed by atoms with van der Waals surface area (Å²) < 4.78 is 13.2. The van der Waals surface area contributed by atoms with Crippen molar-refractivity contribution >= 4 is 5.69 Å². The van der Waals surface area contributed by atoms with E-state index in [0.717, 1.165) is 36.9 Å². The topological polar surface area (TPSA) is 32.3 Å². The van der Waals surface area contributed by atoms with Crippen LogP contribution in [0.1, 0.15) is 37.7 Å². The minimum Gasteiger partial charge on any atom is -0.391 e. The molecule has 0 aromatic heterocycles. The van der Waals surface area contributed by atoms with Crippen LogP contribution in [0, 0.1) is 12.7 Å². The van der Waals surface area contributed by atoms with Gasteiger partial charge in [-0.05, 0) is 37.5 Å². The summed E-state index contributed by atoms with van der Waals surface area (Å²) in [6, 6.07) is 4.79. The van der Waals surface area contributed by atoms with Gasteiger partial charge in [0.05, 0.1) is 12.1 Å². The second kappa shape index (κ2) is 5.50. The Morgan fingerprint density at radius 1 is 1.24 bits per heavy atom. The standard InChI is InChI=1S/C14H20FNO/c1-10-7-8-11(15)9-13(10)16-12-5-3-2-4-6-14(12)17/h7-9,12,14,16-17H,2-6H2,1H3. The van der Waals surface area contributed by atoms with E-state index < -0.39 is 0 Å². The minimum atomic E-state index is -0.319. The number of aryl methyl sites for hydroxylation is 1. The van der Waals surface area contributed by atoms with Crippen molar-refractivity contribution in [3.05, 3.63) is 29.6 Å². The van der Waals surface area contributed by atoms with Crippen LogP contribution in [-0.4, -0.2) is 17.3 Å². The molecule has 3 heteroatoms. The van der Waals surface area contributed by atoms with Crippen LogP contribution >= 0.6 is 0 Å². The molecule has 1 aromatic carbocycles. The molecule has 2 N–H and O–H groups in total. The lowest BCUT2D eigenvalue weighted by Gasteiger charge is -2.24. The van der Waals surface area contributed by atoms with Crippen LogP contribution in [0.3, 0.4) is 0 Å². The highest BCUT2D eigenvalue weighted by atomic mass is 19.1. The molecule has 1 fully saturated rings. The average molecular weight is 237 g/mol. The van der Waals surface area contributed by atoms with E-state index in [2.05, 4.69) is 5.32 Å². The van der Waals surface area contributed by atoms with Gasteiger partial charge in [0, 0.05) is 5.69 Å². The predicted octanol–water partition coefficient (Wildman–Crippen LogP) is 3.24. The first-order valence-corrected chi connectivity index (χ1v) is 6.37. The molecule has 0 amide bonds. The van der Waals surface area contributed by atoms with Gasteiger partial charge in [-0.1, -0.05) is 25.3 Å². The Morgan fingerprint density at radius 2 is 2.00 bits per heavy atom. The first-order chi connectivity index (χ1) is 8.16. The molecule has 94 valence electrons. The molecule has 2 nitrogen and oxygen atoms in total. The Hall–Kier alpha value is -1.09. The lowest BCUT2D eigenvalue weighted by molar-refractivity contribution is 0.144. The maximum atomic E-state index is 13.2. The minimum absolute atomic E-state index is 0.0537. The van der Waals surface area contributed by atoms with E-state index in [1.165, 1.54) is 18.6 Å². The van der Waals surface area contributed by atoms with E-state index in [4.69, 9.17) is 0 Å². The van der Waals surface area contributed by atoms with Gasteiger partial charge in [0.25, 0.3) is 0 Å². The molecular formula is C14H20FNO. The number of aliphatic hydroxyl groups excluding tert-OH is 1. The fraction of sp³-hybridized carbons (Fsp3) is 0.571. The van der Waals surface area contributed by atoms with Crippen molar-refractivity contribution in [1.82, 2.24) is 0 Å². The van der Waals surface area contributed by atoms with Crippen LogP contribution < -0.4 is 5.32 Å². The fourth-order valence-electron chi connectivity index (χ4n) is 2.41. The summed E-state index contributed by atoms with van der Waals surface area (Å²) in [7, 11) is 0. The summed E-state index contributed by atoms with van der Waals surface area (Å²) in [4.78, 5) is 0. The second-order valence-corrected chi connectivity index (χ2v) is 4.92. The Labute approximate surface area is 102 Å². The summed E-state index contributed by atoms with van der Waals surface area (Å²) >= 11 is 0. The predicted molar refractivity (Wildman–Crippen MR) is 67.6 cm³/mol. The van der Waals surface area contributed by atoms with Crippen LogP contribution in [0.2, 0.25) is 0 Å². The molecule has 0 heterocycles. The molecule has 17 heavy (non-hydrogen) atoms. The van der Waals surface area contributed by atoms with Gasteiger partial charge in [0.1, 0.15) is 5.82 Å². The zero-order valence-electron chi connectivity index (χ0n) is 10.2. The lowest BCUT2D eigenvalue weighted by atomic mass is 10.0. The summed E-state index contributed by atoms with van der Waals surface area (Å²) in [6.07, 6.45) is 4.87. The molecule has 1 aliphatic carbocycles. The second-order valence-electron chi connectivity index (χ2n) is 4.92. The molecule has 2 atom stereocenters. The van der Waals surface area contributed by atoms with Crippen molar-refractivity contribution in [3.8, 4) is 0 Å². The SMILES string of the molecule is Cc1ccc(F)cc1NC1CCCCCC1O. The maximum absolute atomic E-state index is 13.2. The van der Waals surface area contributed by atoms with Gasteiger partial charge in [-0.15, -0.1) is 0 Å². The zero-order valence-corrected chi connectivity index (χ0v) is 10.2. The van der Waals surface area contributed by atoms with Crippen molar-refractivity contribution in [2.45, 2.75) is 51.2 Å². The summed E-state index contributed by atoms with van der Waals surface area (Å²) in [5, 5.41) is 13.3. The van der Waals surface area contributed by atoms with Gasteiger partial charge in [-0.25, -0.2) is 4.39 Å². The highest BCUT2D eigenvalue weighted by Crippen LogP contribution is 2.24. The molecule has 1 aromatic rings. The zero-order chi connectivity index (χ0) is 12.3. The Balaban J connectivity index is 2.10. The number of anilines is 1. The van der Waals surface area contributed by atoms with Crippen molar-refractivity contribution in [2.24, 2.45) is 0 Å². The third-order valence-corrected chi connectivity index (χ3v) is 3.52. The largest absolute Gasteiger partial charge is 0.391 e. The van der Waals surface area contributed by atoms with E-state index in [0.29, 0.717) is 0 Å². The molecule has 0 saturated heterocycles. The Bertz CT molecular complexity index is 380. The fourth-order valence-corrected chi connectivity index (χ4v) is 2.41. The number of aliphatic hydroxyl groups is 1. The van der Waals surface area contributed by atoms with Crippen molar-refractivity contribution in [2.75, 3.05) is 5.32 Å². The monoisotopic (exact) mass is 237 g/mol. The third-order valence-electron chi connectivity index (χ3n) is 3.52. The maximum Gasteiger partial charge on any atom is 0.125 e. The summed E-state index contributed by atoms with van der Waals surface area (Å²) in [5.41, 5.74) is 1.82. The van der Waals surface area contributed by atoms with Gasteiger partial charge in [-0.2, -0.15) is 0 Å². The van der Waals surface area contributed by atoms with E-state index in [1.807, 2.05) is 6.92 Å². The molecule has 0 spiro atoms. The number of halogens is 1. The molecule has 1 saturated carbocycles. The van der Waals surface area contributed by atoms with Gasteiger partial charge < -0.3 is 10.4 Å². The van der Waals surface area contributed by atoms with E-state index in [-0.39, 0.29) is 18.0 Å².